The van der Waals surface area contributed by atoms with E-state index in [1.807, 2.05) is 7.05 Å². The number of rotatable bonds is 3. The van der Waals surface area contributed by atoms with E-state index in [1.54, 1.807) is 25.9 Å². The van der Waals surface area contributed by atoms with Gasteiger partial charge in [-0.05, 0) is 75.4 Å². The molecule has 0 saturated carbocycles. The molecule has 0 N–H and O–H groups in total. The Balaban J connectivity index is 1.82. The van der Waals surface area contributed by atoms with Gasteiger partial charge in [-0.3, -0.25) is 9.69 Å². The number of piperidine rings is 2. The third-order valence-electron chi connectivity index (χ3n) is 6.37. The van der Waals surface area contributed by atoms with Gasteiger partial charge in [0.2, 0.25) is 15.9 Å². The van der Waals surface area contributed by atoms with Gasteiger partial charge in [-0.25, -0.2) is 12.8 Å². The lowest BCUT2D eigenvalue weighted by Crippen LogP contribution is -2.61. The number of hydrogen-bond acceptors (Lipinski definition) is 4. The Morgan fingerprint density at radius 1 is 1.18 bits per heavy atom. The van der Waals surface area contributed by atoms with E-state index in [4.69, 9.17) is 0 Å². The minimum Gasteiger partial charge on any atom is -0.347 e. The Morgan fingerprint density at radius 3 is 2.39 bits per heavy atom. The lowest BCUT2D eigenvalue weighted by Gasteiger charge is -2.52. The summed E-state index contributed by atoms with van der Waals surface area (Å²) in [7, 11) is 1.86. The fourth-order valence-corrected chi connectivity index (χ4v) is 6.26. The molecular weight excluding hydrogens is 381 g/mol. The van der Waals surface area contributed by atoms with E-state index < -0.39 is 15.8 Å². The summed E-state index contributed by atoms with van der Waals surface area (Å²) in [6.45, 7) is 3.20. The van der Waals surface area contributed by atoms with Crippen molar-refractivity contribution in [2.24, 2.45) is 5.41 Å². The Morgan fingerprint density at radius 2 is 1.82 bits per heavy atom. The van der Waals surface area contributed by atoms with Crippen molar-refractivity contribution in [3.8, 4) is 0 Å². The first-order valence-electron chi connectivity index (χ1n) is 9.76. The molecule has 0 aromatic heterocycles. The van der Waals surface area contributed by atoms with Crippen LogP contribution in [-0.2, 0) is 14.8 Å². The van der Waals surface area contributed by atoms with Crippen LogP contribution in [0.2, 0.25) is 0 Å². The number of aryl methyl sites for hydroxylation is 1. The van der Waals surface area contributed by atoms with Gasteiger partial charge in [0.1, 0.15) is 5.82 Å². The van der Waals surface area contributed by atoms with Crippen LogP contribution in [0, 0.1) is 18.2 Å². The predicted octanol–water partition coefficient (Wildman–Crippen LogP) is 2.09. The summed E-state index contributed by atoms with van der Waals surface area (Å²) in [4.78, 5) is 16.8. The summed E-state index contributed by atoms with van der Waals surface area (Å²) in [5.41, 5.74) is 0.124. The number of sulfonamides is 1. The molecular formula is C20H30FN3O3S. The molecule has 8 heteroatoms. The van der Waals surface area contributed by atoms with Crippen LogP contribution < -0.4 is 0 Å². The third kappa shape index (κ3) is 3.69. The molecule has 1 aromatic carbocycles. The molecule has 1 atom stereocenters. The van der Waals surface area contributed by atoms with Crippen LogP contribution in [0.5, 0.6) is 0 Å². The number of carbonyl (C=O) groups is 1. The van der Waals surface area contributed by atoms with Crippen LogP contribution in [0.25, 0.3) is 0 Å². The zero-order valence-electron chi connectivity index (χ0n) is 17.1. The average Bonchev–Trinajstić information content (AvgIpc) is 2.64. The van der Waals surface area contributed by atoms with Gasteiger partial charge in [-0.2, -0.15) is 4.31 Å². The third-order valence-corrected chi connectivity index (χ3v) is 8.26. The van der Waals surface area contributed by atoms with Crippen LogP contribution in [0.4, 0.5) is 4.39 Å². The second-order valence-corrected chi connectivity index (χ2v) is 10.3. The molecule has 156 valence electrons. The van der Waals surface area contributed by atoms with Crippen molar-refractivity contribution in [3.05, 3.63) is 29.6 Å². The Bertz CT molecular complexity index is 848. The van der Waals surface area contributed by atoms with Crippen LogP contribution >= 0.6 is 0 Å². The zero-order chi connectivity index (χ0) is 20.7. The molecule has 2 aliphatic heterocycles. The minimum atomic E-state index is -3.67. The van der Waals surface area contributed by atoms with E-state index in [0.29, 0.717) is 31.5 Å². The SMILES string of the molecule is Cc1cc(S(=O)(=O)N2CCC3(CCCN(C)C3C(=O)N(C)C)CC2)ccc1F. The maximum Gasteiger partial charge on any atom is 0.243 e. The molecule has 2 fully saturated rings. The number of benzene rings is 1. The molecule has 2 aliphatic rings. The van der Waals surface area contributed by atoms with Gasteiger partial charge >= 0.3 is 0 Å². The molecule has 1 spiro atoms. The van der Waals surface area contributed by atoms with E-state index in [0.717, 1.165) is 19.4 Å². The molecule has 0 radical (unpaired) electrons. The van der Waals surface area contributed by atoms with Gasteiger partial charge in [0.05, 0.1) is 10.9 Å². The number of carbonyl (C=O) groups excluding carboxylic acids is 1. The van der Waals surface area contributed by atoms with E-state index in [1.165, 1.54) is 22.5 Å². The fourth-order valence-electron chi connectivity index (χ4n) is 4.73. The highest BCUT2D eigenvalue weighted by Crippen LogP contribution is 2.45. The first kappa shape index (κ1) is 21.2. The first-order valence-corrected chi connectivity index (χ1v) is 11.2. The molecule has 1 unspecified atom stereocenters. The van der Waals surface area contributed by atoms with Gasteiger partial charge in [0.25, 0.3) is 0 Å². The summed E-state index contributed by atoms with van der Waals surface area (Å²) in [6.07, 6.45) is 3.25. The molecule has 6 nitrogen and oxygen atoms in total. The molecule has 0 aliphatic carbocycles. The van der Waals surface area contributed by atoms with Crippen molar-refractivity contribution in [3.63, 3.8) is 0 Å². The first-order chi connectivity index (χ1) is 13.1. The zero-order valence-corrected chi connectivity index (χ0v) is 17.9. The van der Waals surface area contributed by atoms with Crippen molar-refractivity contribution < 1.29 is 17.6 Å². The smallest absolute Gasteiger partial charge is 0.243 e. The van der Waals surface area contributed by atoms with Crippen LogP contribution in [-0.4, -0.2) is 75.2 Å². The standard InChI is InChI=1S/C20H30FN3O3S/c1-15-14-16(6-7-17(15)21)28(26,27)24-12-9-20(10-13-24)8-5-11-23(4)18(20)19(25)22(2)3/h6-7,14,18H,5,8-13H2,1-4H3. The Kier molecular flexibility index (Phi) is 5.85. The average molecular weight is 412 g/mol. The van der Waals surface area contributed by atoms with E-state index in [2.05, 4.69) is 4.90 Å². The van der Waals surface area contributed by atoms with E-state index >= 15 is 0 Å². The van der Waals surface area contributed by atoms with Gasteiger partial charge in [-0.1, -0.05) is 0 Å². The van der Waals surface area contributed by atoms with Crippen molar-refractivity contribution in [2.75, 3.05) is 40.8 Å². The topological polar surface area (TPSA) is 60.9 Å². The maximum atomic E-state index is 13.5. The Hall–Kier alpha value is -1.51. The summed E-state index contributed by atoms with van der Waals surface area (Å²) in [5, 5.41) is 0. The van der Waals surface area contributed by atoms with Crippen LogP contribution in [0.3, 0.4) is 0 Å². The van der Waals surface area contributed by atoms with Gasteiger partial charge < -0.3 is 4.90 Å². The number of nitrogens with zero attached hydrogens (tertiary/aromatic N) is 3. The van der Waals surface area contributed by atoms with Gasteiger partial charge in [-0.15, -0.1) is 0 Å². The van der Waals surface area contributed by atoms with E-state index in [-0.39, 0.29) is 22.3 Å². The van der Waals surface area contributed by atoms with Crippen molar-refractivity contribution >= 4 is 15.9 Å². The highest BCUT2D eigenvalue weighted by atomic mass is 32.2. The molecule has 2 heterocycles. The number of halogens is 1. The second kappa shape index (κ2) is 7.72. The molecule has 2 saturated heterocycles. The lowest BCUT2D eigenvalue weighted by molar-refractivity contribution is -0.143. The van der Waals surface area contributed by atoms with Gasteiger partial charge in [0.15, 0.2) is 0 Å². The summed E-state index contributed by atoms with van der Waals surface area (Å²) < 4.78 is 41.1. The van der Waals surface area contributed by atoms with Crippen molar-refractivity contribution in [2.45, 2.75) is 43.5 Å². The Labute approximate surface area is 167 Å². The monoisotopic (exact) mass is 411 g/mol. The highest BCUT2D eigenvalue weighted by molar-refractivity contribution is 7.89. The highest BCUT2D eigenvalue weighted by Gasteiger charge is 2.50. The quantitative estimate of drug-likeness (QED) is 0.764. The van der Waals surface area contributed by atoms with Crippen LogP contribution in [0.15, 0.2) is 23.1 Å². The molecule has 3 rings (SSSR count). The minimum absolute atomic E-state index is 0.0904. The second-order valence-electron chi connectivity index (χ2n) is 8.40. The molecule has 1 amide bonds. The summed E-state index contributed by atoms with van der Waals surface area (Å²) in [5.74, 6) is -0.320. The number of hydrogen-bond donors (Lipinski definition) is 0. The number of amides is 1. The number of likely N-dealkylation sites (tertiary alicyclic amines) is 1. The maximum absolute atomic E-state index is 13.5. The lowest BCUT2D eigenvalue weighted by atomic mass is 9.67. The molecule has 28 heavy (non-hydrogen) atoms. The summed E-state index contributed by atoms with van der Waals surface area (Å²) >= 11 is 0. The predicted molar refractivity (Wildman–Crippen MR) is 106 cm³/mol. The molecule has 0 bridgehead atoms. The van der Waals surface area contributed by atoms with Crippen LogP contribution in [0.1, 0.15) is 31.2 Å². The largest absolute Gasteiger partial charge is 0.347 e. The molecule has 1 aromatic rings. The van der Waals surface area contributed by atoms with E-state index in [9.17, 15) is 17.6 Å². The number of likely N-dealkylation sites (N-methyl/N-ethyl adjacent to an activating group) is 2. The normalized spacial score (nSPS) is 23.7. The fraction of sp³-hybridized carbons (Fsp3) is 0.650. The van der Waals surface area contributed by atoms with Crippen molar-refractivity contribution in [1.29, 1.82) is 0 Å². The van der Waals surface area contributed by atoms with Crippen molar-refractivity contribution in [1.82, 2.24) is 14.1 Å². The summed E-state index contributed by atoms with van der Waals surface area (Å²) in [6, 6.07) is 3.71. The van der Waals surface area contributed by atoms with Gasteiger partial charge in [0, 0.05) is 27.2 Å².